The summed E-state index contributed by atoms with van der Waals surface area (Å²) in [7, 11) is 0. The minimum Gasteiger partial charge on any atom is -0.393 e. The predicted molar refractivity (Wildman–Crippen MR) is 69.8 cm³/mol. The molecule has 0 radical (unpaired) electrons. The number of hydrogen-bond donors (Lipinski definition) is 1. The van der Waals surface area contributed by atoms with Crippen molar-refractivity contribution in [1.82, 2.24) is 0 Å². The second-order valence-electron chi connectivity index (χ2n) is 3.21. The lowest BCUT2D eigenvalue weighted by Gasteiger charge is -2.05. The molecule has 0 aliphatic heterocycles. The van der Waals surface area contributed by atoms with E-state index in [1.165, 1.54) is 0 Å². The summed E-state index contributed by atoms with van der Waals surface area (Å²) in [4.78, 5) is 0.555. The molecule has 0 aromatic heterocycles. The topological polar surface area (TPSA) is 35.2 Å². The molecule has 0 saturated heterocycles. The number of hydrogen-bond acceptors (Lipinski definition) is 2. The monoisotopic (exact) mass is 287 g/mol. The number of nitrogens with two attached hydrogens (primary N) is 1. The Morgan fingerprint density at radius 2 is 2.13 bits per heavy atom. The van der Waals surface area contributed by atoms with Gasteiger partial charge in [0.15, 0.2) is 0 Å². The van der Waals surface area contributed by atoms with Crippen molar-refractivity contribution in [1.29, 1.82) is 0 Å². The summed E-state index contributed by atoms with van der Waals surface area (Å²) in [6.07, 6.45) is 1.64. The van der Waals surface area contributed by atoms with E-state index in [9.17, 15) is 0 Å². The van der Waals surface area contributed by atoms with Crippen LogP contribution in [0.3, 0.4) is 0 Å². The van der Waals surface area contributed by atoms with Gasteiger partial charge in [-0.3, -0.25) is 0 Å². The summed E-state index contributed by atoms with van der Waals surface area (Å²) >= 11 is 8.24. The maximum absolute atomic E-state index is 5.51. The molecule has 0 bridgehead atoms. The van der Waals surface area contributed by atoms with Gasteiger partial charge in [0, 0.05) is 11.1 Å². The fourth-order valence-electron chi connectivity index (χ4n) is 1.15. The van der Waals surface area contributed by atoms with Crippen LogP contribution in [0.1, 0.15) is 18.4 Å². The quantitative estimate of drug-likeness (QED) is 0.645. The van der Waals surface area contributed by atoms with Gasteiger partial charge in [-0.05, 0) is 24.5 Å². The lowest BCUT2D eigenvalue weighted by Crippen LogP contribution is -2.08. The highest BCUT2D eigenvalue weighted by molar-refractivity contribution is 9.10. The van der Waals surface area contributed by atoms with E-state index in [-0.39, 0.29) is 0 Å². The number of benzene rings is 1. The van der Waals surface area contributed by atoms with E-state index in [1.54, 1.807) is 0 Å². The molecule has 1 rings (SSSR count). The van der Waals surface area contributed by atoms with Crippen LogP contribution in [0.25, 0.3) is 0 Å². The Morgan fingerprint density at radius 1 is 1.40 bits per heavy atom. The van der Waals surface area contributed by atoms with Crippen molar-refractivity contribution >= 4 is 33.1 Å². The summed E-state index contributed by atoms with van der Waals surface area (Å²) in [5, 5.41) is 0. The minimum absolute atomic E-state index is 0.555. The molecule has 15 heavy (non-hydrogen) atoms. The van der Waals surface area contributed by atoms with Crippen molar-refractivity contribution in [3.05, 3.63) is 34.3 Å². The third-order valence-electron chi connectivity index (χ3n) is 1.93. The Morgan fingerprint density at radius 3 is 2.80 bits per heavy atom. The van der Waals surface area contributed by atoms with Gasteiger partial charge < -0.3 is 10.5 Å². The SMILES string of the molecule is NC(=S)CCCOCc1ccccc1Br. The lowest BCUT2D eigenvalue weighted by molar-refractivity contribution is 0.119. The summed E-state index contributed by atoms with van der Waals surface area (Å²) in [6.45, 7) is 1.32. The second kappa shape index (κ2) is 6.93. The molecule has 0 fully saturated rings. The van der Waals surface area contributed by atoms with E-state index >= 15 is 0 Å². The summed E-state index contributed by atoms with van der Waals surface area (Å²) in [5.74, 6) is 0. The van der Waals surface area contributed by atoms with Crippen LogP contribution >= 0.6 is 28.1 Å². The van der Waals surface area contributed by atoms with Gasteiger partial charge in [0.2, 0.25) is 0 Å². The lowest BCUT2D eigenvalue weighted by atomic mass is 10.2. The Hall–Kier alpha value is -0.450. The summed E-state index contributed by atoms with van der Waals surface area (Å²) in [6, 6.07) is 8.03. The van der Waals surface area contributed by atoms with Gasteiger partial charge in [-0.2, -0.15) is 0 Å². The highest BCUT2D eigenvalue weighted by atomic mass is 79.9. The predicted octanol–water partition coefficient (Wildman–Crippen LogP) is 3.03. The zero-order valence-corrected chi connectivity index (χ0v) is 10.8. The van der Waals surface area contributed by atoms with E-state index < -0.39 is 0 Å². The van der Waals surface area contributed by atoms with Gasteiger partial charge in [0.25, 0.3) is 0 Å². The van der Waals surface area contributed by atoms with Crippen LogP contribution in [-0.4, -0.2) is 11.6 Å². The highest BCUT2D eigenvalue weighted by Gasteiger charge is 1.98. The summed E-state index contributed by atoms with van der Waals surface area (Å²) < 4.78 is 6.59. The smallest absolute Gasteiger partial charge is 0.0728 e. The van der Waals surface area contributed by atoms with Gasteiger partial charge >= 0.3 is 0 Å². The molecule has 82 valence electrons. The molecule has 0 aliphatic rings. The summed E-state index contributed by atoms with van der Waals surface area (Å²) in [5.41, 5.74) is 6.54. The van der Waals surface area contributed by atoms with E-state index in [4.69, 9.17) is 22.7 Å². The third-order valence-corrected chi connectivity index (χ3v) is 2.90. The first kappa shape index (κ1) is 12.6. The molecule has 1 aromatic carbocycles. The molecule has 0 heterocycles. The van der Waals surface area contributed by atoms with Gasteiger partial charge in [0.1, 0.15) is 0 Å². The van der Waals surface area contributed by atoms with E-state index in [0.717, 1.165) is 22.9 Å². The standard InChI is InChI=1S/C11H14BrNOS/c12-10-5-2-1-4-9(10)8-14-7-3-6-11(13)15/h1-2,4-5H,3,6-8H2,(H2,13,15). The minimum atomic E-state index is 0.555. The van der Waals surface area contributed by atoms with Crippen molar-refractivity contribution in [2.24, 2.45) is 5.73 Å². The molecule has 0 aliphatic carbocycles. The van der Waals surface area contributed by atoms with Crippen molar-refractivity contribution in [3.63, 3.8) is 0 Å². The average Bonchev–Trinajstić information content (AvgIpc) is 2.20. The van der Waals surface area contributed by atoms with Crippen LogP contribution in [0, 0.1) is 0 Å². The first-order valence-electron chi connectivity index (χ1n) is 4.79. The number of rotatable bonds is 6. The molecule has 0 unspecified atom stereocenters. The van der Waals surface area contributed by atoms with Crippen molar-refractivity contribution in [2.45, 2.75) is 19.4 Å². The van der Waals surface area contributed by atoms with Crippen molar-refractivity contribution < 1.29 is 4.74 Å². The number of halogens is 1. The third kappa shape index (κ3) is 5.25. The van der Waals surface area contributed by atoms with E-state index in [1.807, 2.05) is 24.3 Å². The highest BCUT2D eigenvalue weighted by Crippen LogP contribution is 2.16. The normalized spacial score (nSPS) is 10.2. The van der Waals surface area contributed by atoms with Crippen LogP contribution in [0.2, 0.25) is 0 Å². The molecule has 0 atom stereocenters. The zero-order valence-electron chi connectivity index (χ0n) is 8.41. The van der Waals surface area contributed by atoms with Crippen LogP contribution in [0.4, 0.5) is 0 Å². The zero-order chi connectivity index (χ0) is 11.1. The van der Waals surface area contributed by atoms with Gasteiger partial charge in [-0.1, -0.05) is 46.3 Å². The second-order valence-corrected chi connectivity index (χ2v) is 4.59. The molecule has 0 spiro atoms. The molecule has 2 nitrogen and oxygen atoms in total. The molecule has 0 saturated carbocycles. The van der Waals surface area contributed by atoms with Crippen LogP contribution in [-0.2, 0) is 11.3 Å². The Kier molecular flexibility index (Phi) is 5.83. The average molecular weight is 288 g/mol. The Bertz CT molecular complexity index is 330. The Labute approximate surface area is 104 Å². The number of ether oxygens (including phenoxy) is 1. The number of thiocarbonyl (C=S) groups is 1. The van der Waals surface area contributed by atoms with E-state index in [2.05, 4.69) is 15.9 Å². The molecule has 4 heteroatoms. The first-order chi connectivity index (χ1) is 7.20. The van der Waals surface area contributed by atoms with Crippen molar-refractivity contribution in [3.8, 4) is 0 Å². The van der Waals surface area contributed by atoms with Crippen molar-refractivity contribution in [2.75, 3.05) is 6.61 Å². The van der Waals surface area contributed by atoms with Crippen LogP contribution < -0.4 is 5.73 Å². The Balaban J connectivity index is 2.21. The molecular formula is C11H14BrNOS. The van der Waals surface area contributed by atoms with Gasteiger partial charge in [-0.25, -0.2) is 0 Å². The van der Waals surface area contributed by atoms with Crippen LogP contribution in [0.15, 0.2) is 28.7 Å². The van der Waals surface area contributed by atoms with Gasteiger partial charge in [-0.15, -0.1) is 0 Å². The maximum atomic E-state index is 5.51. The fourth-order valence-corrected chi connectivity index (χ4v) is 1.69. The van der Waals surface area contributed by atoms with Crippen LogP contribution in [0.5, 0.6) is 0 Å². The van der Waals surface area contributed by atoms with Gasteiger partial charge in [0.05, 0.1) is 11.6 Å². The molecule has 0 amide bonds. The van der Waals surface area contributed by atoms with E-state index in [0.29, 0.717) is 18.2 Å². The largest absolute Gasteiger partial charge is 0.393 e. The molecule has 1 aromatic rings. The molecule has 2 N–H and O–H groups in total. The molecular weight excluding hydrogens is 274 g/mol. The maximum Gasteiger partial charge on any atom is 0.0728 e. The fraction of sp³-hybridized carbons (Fsp3) is 0.364. The first-order valence-corrected chi connectivity index (χ1v) is 5.99.